The van der Waals surface area contributed by atoms with Crippen LogP contribution in [0.15, 0.2) is 72.8 Å². The minimum absolute atomic E-state index is 0. The van der Waals surface area contributed by atoms with Crippen molar-refractivity contribution >= 4 is 18.2 Å². The van der Waals surface area contributed by atoms with E-state index in [0.717, 1.165) is 11.1 Å². The molecule has 0 fully saturated rings. The maximum absolute atomic E-state index is 12.9. The summed E-state index contributed by atoms with van der Waals surface area (Å²) in [4.78, 5) is 12.9. The van der Waals surface area contributed by atoms with E-state index in [9.17, 15) is 4.79 Å². The van der Waals surface area contributed by atoms with Crippen molar-refractivity contribution in [2.45, 2.75) is 6.04 Å². The highest BCUT2D eigenvalue weighted by Gasteiger charge is 2.19. The van der Waals surface area contributed by atoms with Gasteiger partial charge in [0.05, 0.1) is 33.9 Å². The Morgan fingerprint density at radius 2 is 1.27 bits per heavy atom. The van der Waals surface area contributed by atoms with E-state index in [0.29, 0.717) is 22.8 Å². The maximum Gasteiger partial charge on any atom is 0.203 e. The number of nitrogens with one attached hydrogen (secondary N) is 1. The van der Waals surface area contributed by atoms with Gasteiger partial charge >= 0.3 is 0 Å². The van der Waals surface area contributed by atoms with Gasteiger partial charge < -0.3 is 14.2 Å². The largest absolute Gasteiger partial charge is 0.493 e. The van der Waals surface area contributed by atoms with Gasteiger partial charge in [-0.05, 0) is 23.3 Å². The Morgan fingerprint density at radius 3 is 1.67 bits per heavy atom. The van der Waals surface area contributed by atoms with Crippen molar-refractivity contribution in [2.75, 3.05) is 27.9 Å². The zero-order valence-electron chi connectivity index (χ0n) is 17.3. The van der Waals surface area contributed by atoms with Crippen LogP contribution in [0.3, 0.4) is 0 Å². The molecule has 0 amide bonds. The summed E-state index contributed by atoms with van der Waals surface area (Å²) in [5.74, 6) is 1.31. The van der Waals surface area contributed by atoms with E-state index in [-0.39, 0.29) is 30.8 Å². The van der Waals surface area contributed by atoms with Crippen LogP contribution in [0.4, 0.5) is 0 Å². The second-order valence-corrected chi connectivity index (χ2v) is 6.47. The van der Waals surface area contributed by atoms with E-state index in [2.05, 4.69) is 29.6 Å². The summed E-state index contributed by atoms with van der Waals surface area (Å²) >= 11 is 0. The average Bonchev–Trinajstić information content (AvgIpc) is 2.79. The van der Waals surface area contributed by atoms with Crippen molar-refractivity contribution in [3.63, 3.8) is 0 Å². The predicted molar refractivity (Wildman–Crippen MR) is 120 cm³/mol. The van der Waals surface area contributed by atoms with Gasteiger partial charge in [-0.25, -0.2) is 0 Å². The van der Waals surface area contributed by atoms with Gasteiger partial charge in [0.15, 0.2) is 17.3 Å². The van der Waals surface area contributed by atoms with Crippen molar-refractivity contribution in [2.24, 2.45) is 0 Å². The molecule has 0 radical (unpaired) electrons. The summed E-state index contributed by atoms with van der Waals surface area (Å²) in [6, 6.07) is 23.4. The van der Waals surface area contributed by atoms with Gasteiger partial charge in [-0.2, -0.15) is 0 Å². The Bertz CT molecular complexity index is 883. The molecule has 158 valence electrons. The summed E-state index contributed by atoms with van der Waals surface area (Å²) in [6.45, 7) is 0.160. The third-order valence-electron chi connectivity index (χ3n) is 4.72. The summed E-state index contributed by atoms with van der Waals surface area (Å²) in [5.41, 5.74) is 2.68. The number of ether oxygens (including phenoxy) is 3. The van der Waals surface area contributed by atoms with Gasteiger partial charge in [-0.1, -0.05) is 60.7 Å². The lowest BCUT2D eigenvalue weighted by molar-refractivity contribution is 0.0988. The standard InChI is InChI=1S/C24H25NO4.ClH/c1-27-21-14-19(15-22(28-2)24(21)29-3)20(26)16-25-23(17-10-6-4-7-11-17)18-12-8-5-9-13-18;/h4-15,23,25H,16H2,1-3H3;1H. The molecular weight excluding hydrogens is 402 g/mol. The number of rotatable bonds is 9. The Kier molecular flexibility index (Phi) is 8.71. The lowest BCUT2D eigenvalue weighted by atomic mass is 9.98. The van der Waals surface area contributed by atoms with Crippen molar-refractivity contribution in [1.82, 2.24) is 5.32 Å². The van der Waals surface area contributed by atoms with Crippen molar-refractivity contribution in [1.29, 1.82) is 0 Å². The van der Waals surface area contributed by atoms with E-state index in [1.165, 1.54) is 21.3 Å². The van der Waals surface area contributed by atoms with Gasteiger partial charge in [0.1, 0.15) is 0 Å². The Balaban J connectivity index is 0.00000320. The first-order valence-corrected chi connectivity index (χ1v) is 9.34. The molecule has 0 aliphatic carbocycles. The number of hydrogen-bond donors (Lipinski definition) is 1. The molecule has 30 heavy (non-hydrogen) atoms. The highest BCUT2D eigenvalue weighted by molar-refractivity contribution is 5.99. The maximum atomic E-state index is 12.9. The SMILES string of the molecule is COc1cc(C(=O)CNC(c2ccccc2)c2ccccc2)cc(OC)c1OC.Cl. The molecule has 0 spiro atoms. The minimum atomic E-state index is -0.0941. The van der Waals surface area contributed by atoms with Gasteiger partial charge in [0.25, 0.3) is 0 Å². The van der Waals surface area contributed by atoms with Gasteiger partial charge in [0, 0.05) is 5.56 Å². The quantitative estimate of drug-likeness (QED) is 0.502. The highest BCUT2D eigenvalue weighted by Crippen LogP contribution is 2.38. The van der Waals surface area contributed by atoms with Gasteiger partial charge in [0.2, 0.25) is 5.75 Å². The highest BCUT2D eigenvalue weighted by atomic mass is 35.5. The minimum Gasteiger partial charge on any atom is -0.493 e. The number of benzene rings is 3. The number of carbonyl (C=O) groups is 1. The smallest absolute Gasteiger partial charge is 0.203 e. The second kappa shape index (κ2) is 11.2. The van der Waals surface area contributed by atoms with Crippen LogP contribution in [0.2, 0.25) is 0 Å². The lowest BCUT2D eigenvalue weighted by Gasteiger charge is -2.20. The molecule has 3 aromatic carbocycles. The first-order chi connectivity index (χ1) is 14.2. The van der Waals surface area contributed by atoms with Crippen LogP contribution < -0.4 is 19.5 Å². The molecule has 0 aliphatic rings. The molecule has 0 aliphatic heterocycles. The van der Waals surface area contributed by atoms with E-state index >= 15 is 0 Å². The Hall–Kier alpha value is -3.02. The molecule has 0 saturated carbocycles. The molecule has 0 atom stereocenters. The zero-order chi connectivity index (χ0) is 20.6. The Morgan fingerprint density at radius 1 is 0.800 bits per heavy atom. The number of hydrogen-bond acceptors (Lipinski definition) is 5. The van der Waals surface area contributed by atoms with Gasteiger partial charge in [-0.15, -0.1) is 12.4 Å². The third-order valence-corrected chi connectivity index (χ3v) is 4.72. The van der Waals surface area contributed by atoms with E-state index in [1.54, 1.807) is 12.1 Å². The van der Waals surface area contributed by atoms with Crippen LogP contribution in [0, 0.1) is 0 Å². The molecule has 5 nitrogen and oxygen atoms in total. The van der Waals surface area contributed by atoms with Crippen LogP contribution in [0.25, 0.3) is 0 Å². The predicted octanol–water partition coefficient (Wildman–Crippen LogP) is 4.70. The monoisotopic (exact) mass is 427 g/mol. The van der Waals surface area contributed by atoms with E-state index in [4.69, 9.17) is 14.2 Å². The number of Topliss-reactive ketones (excluding diaryl/α,β-unsaturated/α-hetero) is 1. The molecule has 0 unspecified atom stereocenters. The van der Waals surface area contributed by atoms with Crippen molar-refractivity contribution in [3.8, 4) is 17.2 Å². The summed E-state index contributed by atoms with van der Waals surface area (Å²) in [6.07, 6.45) is 0. The first-order valence-electron chi connectivity index (χ1n) is 9.34. The molecule has 0 bridgehead atoms. The molecule has 1 N–H and O–H groups in total. The normalized spacial score (nSPS) is 10.3. The van der Waals surface area contributed by atoms with Crippen LogP contribution in [0.5, 0.6) is 17.2 Å². The third kappa shape index (κ3) is 5.32. The summed E-state index contributed by atoms with van der Waals surface area (Å²) in [5, 5.41) is 3.39. The summed E-state index contributed by atoms with van der Waals surface area (Å²) in [7, 11) is 4.60. The molecule has 3 aromatic rings. The zero-order valence-corrected chi connectivity index (χ0v) is 18.1. The Labute approximate surface area is 183 Å². The number of methoxy groups -OCH3 is 3. The average molecular weight is 428 g/mol. The molecule has 3 rings (SSSR count). The first kappa shape index (κ1) is 23.3. The van der Waals surface area contributed by atoms with Crippen molar-refractivity contribution in [3.05, 3.63) is 89.5 Å². The van der Waals surface area contributed by atoms with Gasteiger partial charge in [-0.3, -0.25) is 10.1 Å². The molecule has 6 heteroatoms. The fraction of sp³-hybridized carbons (Fsp3) is 0.208. The van der Waals surface area contributed by atoms with Crippen LogP contribution in [-0.2, 0) is 0 Å². The number of ketones is 1. The molecule has 0 saturated heterocycles. The molecule has 0 aromatic heterocycles. The van der Waals surface area contributed by atoms with Crippen molar-refractivity contribution < 1.29 is 19.0 Å². The lowest BCUT2D eigenvalue weighted by Crippen LogP contribution is -2.28. The van der Waals surface area contributed by atoms with E-state index in [1.807, 2.05) is 36.4 Å². The summed E-state index contributed by atoms with van der Waals surface area (Å²) < 4.78 is 16.0. The number of halogens is 1. The second-order valence-electron chi connectivity index (χ2n) is 6.47. The van der Waals surface area contributed by atoms with E-state index < -0.39 is 0 Å². The fourth-order valence-electron chi connectivity index (χ4n) is 3.26. The van der Waals surface area contributed by atoms with Crippen LogP contribution in [-0.4, -0.2) is 33.7 Å². The van der Waals surface area contributed by atoms with Crippen LogP contribution in [0.1, 0.15) is 27.5 Å². The molecule has 0 heterocycles. The van der Waals surface area contributed by atoms with Crippen LogP contribution >= 0.6 is 12.4 Å². The molecular formula is C24H26ClNO4. The fourth-order valence-corrected chi connectivity index (χ4v) is 3.26. The number of carbonyl (C=O) groups excluding carboxylic acids is 1. The topological polar surface area (TPSA) is 56.8 Å².